The van der Waals surface area contributed by atoms with Crippen LogP contribution in [0, 0.1) is 30.6 Å². The van der Waals surface area contributed by atoms with E-state index < -0.39 is 48.2 Å². The van der Waals surface area contributed by atoms with E-state index in [1.807, 2.05) is 45.5 Å². The molecule has 0 amide bonds. The van der Waals surface area contributed by atoms with Crippen molar-refractivity contribution in [3.05, 3.63) is 71.5 Å². The second kappa shape index (κ2) is 34.9. The Bertz CT molecular complexity index is 2040. The Hall–Kier alpha value is -3.88. The summed E-state index contributed by atoms with van der Waals surface area (Å²) >= 11 is 0. The molecule has 0 radical (unpaired) electrons. The van der Waals surface area contributed by atoms with Gasteiger partial charge in [0.1, 0.15) is 18.3 Å². The summed E-state index contributed by atoms with van der Waals surface area (Å²) in [6, 6.07) is 17.0. The fourth-order valence-electron chi connectivity index (χ4n) is 9.58. The van der Waals surface area contributed by atoms with E-state index in [2.05, 4.69) is 109 Å². The van der Waals surface area contributed by atoms with E-state index >= 15 is 0 Å². The highest BCUT2D eigenvalue weighted by Gasteiger charge is 2.39. The van der Waals surface area contributed by atoms with Crippen molar-refractivity contribution in [3.8, 4) is 11.1 Å². The third-order valence-electron chi connectivity index (χ3n) is 14.4. The van der Waals surface area contributed by atoms with Crippen LogP contribution in [0.1, 0.15) is 151 Å². The Morgan fingerprint density at radius 3 is 2.09 bits per heavy atom. The second-order valence-electron chi connectivity index (χ2n) is 21.8. The molecule has 0 saturated carbocycles. The van der Waals surface area contributed by atoms with Crippen LogP contribution in [-0.2, 0) is 36.8 Å². The number of hydrogen-bond acceptors (Lipinski definition) is 16. The molecule has 1 fully saturated rings. The molecule has 1 aromatic heterocycles. The molecular formula is C59H102N6O11. The maximum Gasteiger partial charge on any atom is 0.311 e. The van der Waals surface area contributed by atoms with Gasteiger partial charge in [0.05, 0.1) is 54.4 Å². The van der Waals surface area contributed by atoms with E-state index in [-0.39, 0.29) is 42.8 Å². The van der Waals surface area contributed by atoms with Crippen LogP contribution in [0.3, 0.4) is 0 Å². The highest BCUT2D eigenvalue weighted by Crippen LogP contribution is 2.30. The molecule has 1 saturated heterocycles. The Balaban J connectivity index is 0.000000488. The molecule has 17 heteroatoms. The van der Waals surface area contributed by atoms with Gasteiger partial charge in [-0.25, -0.2) is 4.68 Å². The molecule has 0 aliphatic carbocycles. The van der Waals surface area contributed by atoms with Crippen LogP contribution in [-0.4, -0.2) is 163 Å². The number of rotatable bonds is 27. The van der Waals surface area contributed by atoms with Crippen LogP contribution in [0.25, 0.3) is 11.1 Å². The first kappa shape index (κ1) is 68.2. The summed E-state index contributed by atoms with van der Waals surface area (Å²) in [6.45, 7) is 26.1. The Morgan fingerprint density at radius 1 is 0.921 bits per heavy atom. The zero-order valence-corrected chi connectivity index (χ0v) is 49.2. The highest BCUT2D eigenvalue weighted by molar-refractivity contribution is 6.01. The Kier molecular flexibility index (Phi) is 31.3. The molecule has 76 heavy (non-hydrogen) atoms. The molecule has 434 valence electrons. The highest BCUT2D eigenvalue weighted by atomic mass is 16.6. The summed E-state index contributed by atoms with van der Waals surface area (Å²) in [5, 5.41) is 74.4. The van der Waals surface area contributed by atoms with E-state index in [9.17, 15) is 30.3 Å². The summed E-state index contributed by atoms with van der Waals surface area (Å²) in [7, 11) is 4.78. The van der Waals surface area contributed by atoms with Crippen molar-refractivity contribution in [1.29, 1.82) is 0 Å². The first-order valence-electron chi connectivity index (χ1n) is 28.0. The summed E-state index contributed by atoms with van der Waals surface area (Å²) in [6.07, 6.45) is 5.20. The number of aryl methyl sites for hydroxylation is 1. The van der Waals surface area contributed by atoms with E-state index in [1.165, 1.54) is 23.6 Å². The van der Waals surface area contributed by atoms with Crippen molar-refractivity contribution in [2.75, 3.05) is 34.4 Å². The SMILES string of the molecule is CC.CCC[C@@H](CC(C)C(C)O)O[C@H](C(C)C(=O)OC[C@@](C)(O)C(O)C(C)NC)[C@H](C)CC(O)CC(C)C.CO.Cc1ccc(-c2ccc(C3=NO[C@@H](Cn4cc(CCN(C)C5CC(C)OC(O)C5)nn4)C3)cc2)cc1. The molecule has 2 aliphatic rings. The molecule has 3 heterocycles. The van der Waals surface area contributed by atoms with Crippen LogP contribution < -0.4 is 5.32 Å². The van der Waals surface area contributed by atoms with Crippen molar-refractivity contribution in [3.63, 3.8) is 0 Å². The number of aliphatic hydroxyl groups excluding tert-OH is 5. The predicted octanol–water partition coefficient (Wildman–Crippen LogP) is 7.72. The minimum atomic E-state index is -1.62. The van der Waals surface area contributed by atoms with Gasteiger partial charge in [-0.3, -0.25) is 4.79 Å². The average molecular weight is 1070 g/mol. The molecule has 3 aromatic rings. The maximum absolute atomic E-state index is 13.1. The quantitative estimate of drug-likeness (QED) is 0.0362. The molecule has 0 spiro atoms. The minimum absolute atomic E-state index is 0.0389. The van der Waals surface area contributed by atoms with Gasteiger partial charge in [0, 0.05) is 51.2 Å². The van der Waals surface area contributed by atoms with E-state index in [4.69, 9.17) is 24.2 Å². The van der Waals surface area contributed by atoms with Gasteiger partial charge in [0.15, 0.2) is 12.4 Å². The van der Waals surface area contributed by atoms with Crippen LogP contribution in [0.2, 0.25) is 0 Å². The van der Waals surface area contributed by atoms with Gasteiger partial charge < -0.3 is 59.9 Å². The number of likely N-dealkylation sites (N-methyl/N-ethyl adjacent to an activating group) is 2. The average Bonchev–Trinajstić information content (AvgIpc) is 4.06. The molecule has 2 aliphatic heterocycles. The van der Waals surface area contributed by atoms with Crippen LogP contribution in [0.5, 0.6) is 0 Å². The molecule has 7 N–H and O–H groups in total. The molecule has 14 atom stereocenters. The monoisotopic (exact) mass is 1070 g/mol. The van der Waals surface area contributed by atoms with Gasteiger partial charge >= 0.3 is 5.97 Å². The lowest BCUT2D eigenvalue weighted by atomic mass is 9.86. The fourth-order valence-corrected chi connectivity index (χ4v) is 9.58. The third-order valence-corrected chi connectivity index (χ3v) is 14.4. The van der Waals surface area contributed by atoms with Crippen molar-refractivity contribution >= 4 is 11.7 Å². The predicted molar refractivity (Wildman–Crippen MR) is 302 cm³/mol. The normalized spacial score (nSPS) is 21.8. The molecule has 9 unspecified atom stereocenters. The van der Waals surface area contributed by atoms with Gasteiger partial charge in [-0.1, -0.05) is 119 Å². The number of esters is 1. The Morgan fingerprint density at radius 2 is 1.53 bits per heavy atom. The zero-order valence-electron chi connectivity index (χ0n) is 49.2. The third kappa shape index (κ3) is 23.2. The van der Waals surface area contributed by atoms with E-state index in [0.717, 1.165) is 62.7 Å². The van der Waals surface area contributed by atoms with E-state index in [0.29, 0.717) is 44.2 Å². The topological polar surface area (TPSA) is 234 Å². The van der Waals surface area contributed by atoms with Gasteiger partial charge in [-0.05, 0) is 122 Å². The maximum atomic E-state index is 13.1. The van der Waals surface area contributed by atoms with Crippen molar-refractivity contribution in [2.24, 2.45) is 28.8 Å². The standard InChI is InChI=1S/C28H35N5O3.C28H57NO7.C2H6.CH4O/c1-19-4-6-21(7-5-19)22-8-10-23(11-9-22)27-16-26(36-30-27)18-33-17-24(29-31-33)12-13-32(3)25-14-20(2)35-28(34)15-25;1-11-12-24(15-18(4)22(8)30)36-25(19(5)14-23(31)13-17(2)3)20(6)27(33)35-16-28(9,34)26(32)21(7)29-10;2*1-2/h4-11,17,20,25-26,28,34H,12-16,18H2,1-3H3;17-26,29-32,34H,11-16H2,1-10H3;1-2H3;2H,1H3/t20?,25?,26-,28?;18?,19-,20?,21?,22?,23?,24+,25+,26?,28-;;/m11../s1. The summed E-state index contributed by atoms with van der Waals surface area (Å²) in [4.78, 5) is 21.1. The number of aromatic nitrogens is 3. The molecule has 17 nitrogen and oxygen atoms in total. The van der Waals surface area contributed by atoms with E-state index in [1.54, 1.807) is 27.8 Å². The Labute approximate surface area is 456 Å². The minimum Gasteiger partial charge on any atom is -0.462 e. The van der Waals surface area contributed by atoms with Crippen molar-refractivity contribution in [2.45, 2.75) is 221 Å². The van der Waals surface area contributed by atoms with Crippen molar-refractivity contribution < 1.29 is 54.5 Å². The lowest BCUT2D eigenvalue weighted by Gasteiger charge is -2.36. The first-order valence-corrected chi connectivity index (χ1v) is 28.0. The van der Waals surface area contributed by atoms with Gasteiger partial charge in [0.2, 0.25) is 0 Å². The summed E-state index contributed by atoms with van der Waals surface area (Å²) in [5.74, 6) is -0.909. The number of benzene rings is 2. The fraction of sp³-hybridized carbons (Fsp3) is 0.729. The van der Waals surface area contributed by atoms with Crippen LogP contribution >= 0.6 is 0 Å². The lowest BCUT2D eigenvalue weighted by Crippen LogP contribution is -2.53. The molecule has 0 bridgehead atoms. The molecule has 5 rings (SSSR count). The molecular weight excluding hydrogens is 969 g/mol. The zero-order chi connectivity index (χ0) is 57.3. The molecule has 2 aromatic carbocycles. The largest absolute Gasteiger partial charge is 0.462 e. The number of oxime groups is 1. The number of carbonyl (C=O) groups excluding carboxylic acids is 1. The first-order chi connectivity index (χ1) is 36.0. The number of ether oxygens (including phenoxy) is 3. The number of nitrogens with zero attached hydrogens (tertiary/aromatic N) is 5. The smallest absolute Gasteiger partial charge is 0.311 e. The summed E-state index contributed by atoms with van der Waals surface area (Å²) in [5.41, 5.74) is 5.05. The number of nitrogens with one attached hydrogen (secondary N) is 1. The van der Waals surface area contributed by atoms with Crippen molar-refractivity contribution in [1.82, 2.24) is 25.2 Å². The lowest BCUT2D eigenvalue weighted by molar-refractivity contribution is -0.174. The van der Waals surface area contributed by atoms with Crippen LogP contribution in [0.15, 0.2) is 59.9 Å². The van der Waals surface area contributed by atoms with Gasteiger partial charge in [-0.15, -0.1) is 5.10 Å². The summed E-state index contributed by atoms with van der Waals surface area (Å²) < 4.78 is 19.3. The second-order valence-corrected chi connectivity index (χ2v) is 21.8. The number of hydrogen-bond donors (Lipinski definition) is 7. The number of aliphatic hydroxyl groups is 6. The number of carbonyl (C=O) groups is 1. The van der Waals surface area contributed by atoms with Gasteiger partial charge in [0.25, 0.3) is 0 Å². The van der Waals surface area contributed by atoms with Crippen LogP contribution in [0.4, 0.5) is 0 Å². The van der Waals surface area contributed by atoms with Gasteiger partial charge in [-0.2, -0.15) is 0 Å².